The van der Waals surface area contributed by atoms with Crippen molar-refractivity contribution in [3.63, 3.8) is 0 Å². The number of halogens is 2. The van der Waals surface area contributed by atoms with Crippen LogP contribution in [0.5, 0.6) is 0 Å². The van der Waals surface area contributed by atoms with E-state index in [9.17, 15) is 13.2 Å². The summed E-state index contributed by atoms with van der Waals surface area (Å²) in [7, 11) is -3.86. The molecule has 3 N–H and O–H groups in total. The lowest BCUT2D eigenvalue weighted by Gasteiger charge is -2.10. The van der Waals surface area contributed by atoms with Crippen LogP contribution in [0.1, 0.15) is 19.8 Å². The lowest BCUT2D eigenvalue weighted by molar-refractivity contribution is -0.120. The Morgan fingerprint density at radius 1 is 1.09 bits per heavy atom. The van der Waals surface area contributed by atoms with Gasteiger partial charge in [0, 0.05) is 26.1 Å². The number of hydrogen-bond acceptors (Lipinski definition) is 4. The highest BCUT2D eigenvalue weighted by atomic mass is 35.5. The first-order chi connectivity index (χ1) is 10.9. The van der Waals surface area contributed by atoms with Crippen LogP contribution in [-0.2, 0) is 14.8 Å². The summed E-state index contributed by atoms with van der Waals surface area (Å²) < 4.78 is 26.7. The number of hydrogen-bond donors (Lipinski definition) is 3. The first kappa shape index (κ1) is 20.2. The maximum Gasteiger partial charge on any atom is 0.243 e. The molecule has 0 aromatic heterocycles. The summed E-state index contributed by atoms with van der Waals surface area (Å²) in [6.45, 7) is 4.11. The van der Waals surface area contributed by atoms with Crippen molar-refractivity contribution in [3.05, 3.63) is 28.2 Å². The average Bonchev–Trinajstić information content (AvgIpc) is 2.46. The van der Waals surface area contributed by atoms with E-state index in [-0.39, 0.29) is 33.8 Å². The molecule has 130 valence electrons. The number of sulfonamides is 1. The number of benzene rings is 1. The zero-order chi connectivity index (χ0) is 17.3. The maximum absolute atomic E-state index is 12.2. The van der Waals surface area contributed by atoms with Crippen LogP contribution in [0.15, 0.2) is 23.1 Å². The maximum atomic E-state index is 12.2. The summed E-state index contributed by atoms with van der Waals surface area (Å²) in [4.78, 5) is 11.4. The Hall–Kier alpha value is -0.860. The summed E-state index contributed by atoms with van der Waals surface area (Å²) in [6.07, 6.45) is 1.06. The fourth-order valence-electron chi connectivity index (χ4n) is 1.79. The van der Waals surface area contributed by atoms with Gasteiger partial charge in [0.15, 0.2) is 0 Å². The van der Waals surface area contributed by atoms with E-state index in [4.69, 9.17) is 23.2 Å². The first-order valence-corrected chi connectivity index (χ1v) is 9.53. The van der Waals surface area contributed by atoms with E-state index in [1.165, 1.54) is 12.1 Å². The van der Waals surface area contributed by atoms with Crippen molar-refractivity contribution >= 4 is 39.1 Å². The molecule has 0 aliphatic rings. The molecule has 1 amide bonds. The second kappa shape index (κ2) is 10.1. The molecular formula is C14H21Cl2N3O3S. The smallest absolute Gasteiger partial charge is 0.243 e. The van der Waals surface area contributed by atoms with Gasteiger partial charge in [-0.3, -0.25) is 4.79 Å². The second-order valence-corrected chi connectivity index (χ2v) is 7.32. The van der Waals surface area contributed by atoms with E-state index >= 15 is 0 Å². The number of carbonyl (C=O) groups is 1. The van der Waals surface area contributed by atoms with Crippen molar-refractivity contribution in [2.24, 2.45) is 0 Å². The van der Waals surface area contributed by atoms with Gasteiger partial charge in [0.2, 0.25) is 15.9 Å². The molecule has 6 nitrogen and oxygen atoms in total. The third-order valence-electron chi connectivity index (χ3n) is 2.88. The van der Waals surface area contributed by atoms with Crippen LogP contribution >= 0.6 is 23.2 Å². The number of rotatable bonds is 10. The van der Waals surface area contributed by atoms with E-state index in [1.807, 2.05) is 0 Å². The van der Waals surface area contributed by atoms with Gasteiger partial charge in [-0.05, 0) is 25.1 Å². The van der Waals surface area contributed by atoms with Crippen LogP contribution in [0, 0.1) is 0 Å². The molecule has 1 aromatic carbocycles. The Morgan fingerprint density at radius 3 is 2.35 bits per heavy atom. The highest BCUT2D eigenvalue weighted by Crippen LogP contribution is 2.28. The lowest BCUT2D eigenvalue weighted by Crippen LogP contribution is -2.34. The second-order valence-electron chi connectivity index (χ2n) is 4.80. The van der Waals surface area contributed by atoms with E-state index < -0.39 is 10.0 Å². The monoisotopic (exact) mass is 381 g/mol. The predicted octanol–water partition coefficient (Wildman–Crippen LogP) is 1.78. The Morgan fingerprint density at radius 2 is 1.74 bits per heavy atom. The predicted molar refractivity (Wildman–Crippen MR) is 92.4 cm³/mol. The number of amides is 1. The van der Waals surface area contributed by atoms with Crippen molar-refractivity contribution < 1.29 is 13.2 Å². The van der Waals surface area contributed by atoms with Gasteiger partial charge in [0.1, 0.15) is 4.90 Å². The molecule has 23 heavy (non-hydrogen) atoms. The third-order valence-corrected chi connectivity index (χ3v) is 5.30. The van der Waals surface area contributed by atoms with Crippen LogP contribution in [0.4, 0.5) is 0 Å². The minimum absolute atomic E-state index is 0.0297. The quantitative estimate of drug-likeness (QED) is 0.539. The van der Waals surface area contributed by atoms with Gasteiger partial charge in [-0.25, -0.2) is 13.1 Å². The zero-order valence-electron chi connectivity index (χ0n) is 12.9. The van der Waals surface area contributed by atoms with Crippen LogP contribution in [0.3, 0.4) is 0 Å². The molecule has 0 saturated heterocycles. The van der Waals surface area contributed by atoms with Crippen LogP contribution in [0.2, 0.25) is 10.0 Å². The molecule has 0 saturated carbocycles. The molecule has 1 rings (SSSR count). The fraction of sp³-hybridized carbons (Fsp3) is 0.500. The Labute approximate surface area is 147 Å². The van der Waals surface area contributed by atoms with Gasteiger partial charge in [-0.15, -0.1) is 0 Å². The van der Waals surface area contributed by atoms with Crippen molar-refractivity contribution in [1.82, 2.24) is 15.4 Å². The van der Waals surface area contributed by atoms with Crippen molar-refractivity contribution in [1.29, 1.82) is 0 Å². The zero-order valence-corrected chi connectivity index (χ0v) is 15.2. The number of carbonyl (C=O) groups excluding carboxylic acids is 1. The van der Waals surface area contributed by atoms with Gasteiger partial charge >= 0.3 is 0 Å². The van der Waals surface area contributed by atoms with E-state index in [0.717, 1.165) is 13.0 Å². The van der Waals surface area contributed by atoms with Gasteiger partial charge in [0.05, 0.1) is 10.0 Å². The molecule has 0 heterocycles. The van der Waals surface area contributed by atoms with Gasteiger partial charge < -0.3 is 10.6 Å². The van der Waals surface area contributed by atoms with Crippen molar-refractivity contribution in [2.75, 3.05) is 26.2 Å². The van der Waals surface area contributed by atoms with E-state index in [1.54, 1.807) is 6.07 Å². The molecule has 9 heteroatoms. The summed E-state index contributed by atoms with van der Waals surface area (Å²) >= 11 is 11.8. The Bertz CT molecular complexity index is 603. The summed E-state index contributed by atoms with van der Waals surface area (Å²) in [5.74, 6) is -0.226. The molecule has 0 unspecified atom stereocenters. The SMILES string of the molecule is CCCNCCNC(=O)CCNS(=O)(=O)c1c(Cl)cccc1Cl. The van der Waals surface area contributed by atoms with Crippen LogP contribution in [0.25, 0.3) is 0 Å². The topological polar surface area (TPSA) is 87.3 Å². The van der Waals surface area contributed by atoms with Gasteiger partial charge in [-0.1, -0.05) is 36.2 Å². The first-order valence-electron chi connectivity index (χ1n) is 7.29. The van der Waals surface area contributed by atoms with Crippen molar-refractivity contribution in [2.45, 2.75) is 24.7 Å². The standard InChI is InChI=1S/C14H21Cl2N3O3S/c1-2-7-17-9-10-18-13(20)6-8-19-23(21,22)14-11(15)4-3-5-12(14)16/h3-5,17,19H,2,6-10H2,1H3,(H,18,20). The van der Waals surface area contributed by atoms with Crippen molar-refractivity contribution in [3.8, 4) is 0 Å². The average molecular weight is 382 g/mol. The molecule has 0 aliphatic carbocycles. The highest BCUT2D eigenvalue weighted by molar-refractivity contribution is 7.89. The van der Waals surface area contributed by atoms with Crippen LogP contribution in [-0.4, -0.2) is 40.5 Å². The summed E-state index contributed by atoms with van der Waals surface area (Å²) in [6, 6.07) is 4.44. The Kier molecular flexibility index (Phi) is 8.86. The molecule has 0 bridgehead atoms. The Balaban J connectivity index is 2.41. The molecule has 0 radical (unpaired) electrons. The normalized spacial score (nSPS) is 11.4. The minimum atomic E-state index is -3.86. The molecule has 0 aliphatic heterocycles. The third kappa shape index (κ3) is 7.05. The van der Waals surface area contributed by atoms with Gasteiger partial charge in [0.25, 0.3) is 0 Å². The van der Waals surface area contributed by atoms with Crippen LogP contribution < -0.4 is 15.4 Å². The molecule has 0 atom stereocenters. The fourth-order valence-corrected chi connectivity index (χ4v) is 3.96. The minimum Gasteiger partial charge on any atom is -0.355 e. The van der Waals surface area contributed by atoms with Gasteiger partial charge in [-0.2, -0.15) is 0 Å². The summed E-state index contributed by atoms with van der Waals surface area (Å²) in [5, 5.41) is 5.93. The van der Waals surface area contributed by atoms with E-state index in [0.29, 0.717) is 13.1 Å². The lowest BCUT2D eigenvalue weighted by atomic mass is 10.4. The molecule has 1 aromatic rings. The summed E-state index contributed by atoms with van der Waals surface area (Å²) in [5.41, 5.74) is 0. The molecular weight excluding hydrogens is 361 g/mol. The van der Waals surface area contributed by atoms with E-state index in [2.05, 4.69) is 22.3 Å². The molecule has 0 fully saturated rings. The molecule has 0 spiro atoms. The largest absolute Gasteiger partial charge is 0.355 e. The number of nitrogens with one attached hydrogen (secondary N) is 3. The highest BCUT2D eigenvalue weighted by Gasteiger charge is 2.21.